The summed E-state index contributed by atoms with van der Waals surface area (Å²) in [5, 5.41) is 8.58. The molecule has 2 aliphatic carbocycles. The second kappa shape index (κ2) is 3.06. The van der Waals surface area contributed by atoms with E-state index in [9.17, 15) is 0 Å². The molecule has 0 saturated heterocycles. The Kier molecular flexibility index (Phi) is 2.06. The van der Waals surface area contributed by atoms with Crippen LogP contribution in [0, 0.1) is 23.2 Å². The molecule has 12 heavy (non-hydrogen) atoms. The first-order valence-electron chi connectivity index (χ1n) is 4.88. The SMILES string of the molecule is CN(CC#N)C1CC2CCC1C2. The van der Waals surface area contributed by atoms with Gasteiger partial charge in [0.25, 0.3) is 0 Å². The van der Waals surface area contributed by atoms with Crippen LogP contribution in [0.25, 0.3) is 0 Å². The van der Waals surface area contributed by atoms with Crippen LogP contribution in [-0.2, 0) is 0 Å². The molecule has 0 heterocycles. The van der Waals surface area contributed by atoms with Crippen LogP contribution in [0.1, 0.15) is 25.7 Å². The number of hydrogen-bond donors (Lipinski definition) is 0. The van der Waals surface area contributed by atoms with Gasteiger partial charge in [-0.25, -0.2) is 0 Å². The van der Waals surface area contributed by atoms with Gasteiger partial charge in [0.05, 0.1) is 12.6 Å². The van der Waals surface area contributed by atoms with Gasteiger partial charge < -0.3 is 0 Å². The Labute approximate surface area is 74.2 Å². The summed E-state index contributed by atoms with van der Waals surface area (Å²) < 4.78 is 0. The molecule has 2 fully saturated rings. The zero-order valence-corrected chi connectivity index (χ0v) is 7.66. The van der Waals surface area contributed by atoms with E-state index in [1.807, 2.05) is 0 Å². The van der Waals surface area contributed by atoms with Crippen molar-refractivity contribution in [2.45, 2.75) is 31.7 Å². The molecule has 2 rings (SSSR count). The smallest absolute Gasteiger partial charge is 0.0865 e. The average molecular weight is 164 g/mol. The number of nitrogens with zero attached hydrogens (tertiary/aromatic N) is 2. The highest BCUT2D eigenvalue weighted by atomic mass is 15.1. The summed E-state index contributed by atoms with van der Waals surface area (Å²) in [5.74, 6) is 1.90. The van der Waals surface area contributed by atoms with Gasteiger partial charge in [0, 0.05) is 6.04 Å². The minimum Gasteiger partial charge on any atom is -0.290 e. The van der Waals surface area contributed by atoms with Crippen LogP contribution in [0.15, 0.2) is 0 Å². The van der Waals surface area contributed by atoms with Gasteiger partial charge in [0.15, 0.2) is 0 Å². The maximum atomic E-state index is 8.58. The Hall–Kier alpha value is -0.550. The summed E-state index contributed by atoms with van der Waals surface area (Å²) in [6.07, 6.45) is 5.63. The fourth-order valence-corrected chi connectivity index (χ4v) is 2.98. The molecule has 2 aliphatic rings. The van der Waals surface area contributed by atoms with Gasteiger partial charge in [-0.15, -0.1) is 0 Å². The predicted octanol–water partition coefficient (Wildman–Crippen LogP) is 1.63. The molecule has 66 valence electrons. The van der Waals surface area contributed by atoms with Crippen LogP contribution >= 0.6 is 0 Å². The Morgan fingerprint density at radius 3 is 2.75 bits per heavy atom. The first-order chi connectivity index (χ1) is 5.81. The van der Waals surface area contributed by atoms with Crippen molar-refractivity contribution in [1.29, 1.82) is 5.26 Å². The fourth-order valence-electron chi connectivity index (χ4n) is 2.98. The van der Waals surface area contributed by atoms with E-state index in [1.165, 1.54) is 25.7 Å². The Morgan fingerprint density at radius 1 is 1.42 bits per heavy atom. The molecule has 0 aromatic heterocycles. The van der Waals surface area contributed by atoms with E-state index in [-0.39, 0.29) is 0 Å². The molecule has 0 amide bonds. The average Bonchev–Trinajstić information content (AvgIpc) is 2.64. The second-order valence-electron chi connectivity index (χ2n) is 4.32. The lowest BCUT2D eigenvalue weighted by Gasteiger charge is -2.29. The highest BCUT2D eigenvalue weighted by molar-refractivity contribution is 4.96. The van der Waals surface area contributed by atoms with E-state index in [1.54, 1.807) is 0 Å². The molecule has 3 unspecified atom stereocenters. The number of hydrogen-bond acceptors (Lipinski definition) is 2. The van der Waals surface area contributed by atoms with Crippen molar-refractivity contribution in [2.24, 2.45) is 11.8 Å². The maximum Gasteiger partial charge on any atom is 0.0865 e. The van der Waals surface area contributed by atoms with Crippen LogP contribution in [0.2, 0.25) is 0 Å². The molecule has 0 spiro atoms. The van der Waals surface area contributed by atoms with Gasteiger partial charge in [-0.3, -0.25) is 4.90 Å². The van der Waals surface area contributed by atoms with Crippen LogP contribution < -0.4 is 0 Å². The lowest BCUT2D eigenvalue weighted by Crippen LogP contribution is -2.36. The largest absolute Gasteiger partial charge is 0.290 e. The first-order valence-corrected chi connectivity index (χ1v) is 4.88. The molecule has 2 nitrogen and oxygen atoms in total. The topological polar surface area (TPSA) is 27.0 Å². The van der Waals surface area contributed by atoms with Crippen molar-refractivity contribution in [3.05, 3.63) is 0 Å². The third kappa shape index (κ3) is 1.23. The van der Waals surface area contributed by atoms with E-state index in [4.69, 9.17) is 5.26 Å². The molecule has 0 aromatic rings. The molecule has 3 atom stereocenters. The minimum absolute atomic E-state index is 0.605. The lowest BCUT2D eigenvalue weighted by molar-refractivity contribution is 0.194. The van der Waals surface area contributed by atoms with Crippen molar-refractivity contribution in [2.75, 3.05) is 13.6 Å². The van der Waals surface area contributed by atoms with E-state index >= 15 is 0 Å². The van der Waals surface area contributed by atoms with Gasteiger partial charge in [0.1, 0.15) is 0 Å². The summed E-state index contributed by atoms with van der Waals surface area (Å²) in [4.78, 5) is 2.24. The van der Waals surface area contributed by atoms with Crippen molar-refractivity contribution in [1.82, 2.24) is 4.90 Å². The van der Waals surface area contributed by atoms with Gasteiger partial charge in [0.2, 0.25) is 0 Å². The predicted molar refractivity (Wildman–Crippen MR) is 47.5 cm³/mol. The monoisotopic (exact) mass is 164 g/mol. The third-order valence-corrected chi connectivity index (χ3v) is 3.59. The van der Waals surface area contributed by atoms with Gasteiger partial charge >= 0.3 is 0 Å². The van der Waals surface area contributed by atoms with E-state index in [0.29, 0.717) is 6.54 Å². The number of nitriles is 1. The summed E-state index contributed by atoms with van der Waals surface area (Å²) in [6.45, 7) is 0.605. The summed E-state index contributed by atoms with van der Waals surface area (Å²) in [6, 6.07) is 2.96. The van der Waals surface area contributed by atoms with Crippen LogP contribution in [-0.4, -0.2) is 24.5 Å². The molecule has 2 heteroatoms. The van der Waals surface area contributed by atoms with E-state index < -0.39 is 0 Å². The first kappa shape index (κ1) is 8.07. The Morgan fingerprint density at radius 2 is 2.25 bits per heavy atom. The highest BCUT2D eigenvalue weighted by Gasteiger charge is 2.40. The van der Waals surface area contributed by atoms with Crippen LogP contribution in [0.4, 0.5) is 0 Å². The van der Waals surface area contributed by atoms with Crippen LogP contribution in [0.3, 0.4) is 0 Å². The molecule has 0 aromatic carbocycles. The molecular formula is C10H16N2. The Balaban J connectivity index is 1.94. The van der Waals surface area contributed by atoms with Gasteiger partial charge in [-0.2, -0.15) is 5.26 Å². The quantitative estimate of drug-likeness (QED) is 0.580. The number of rotatable bonds is 2. The minimum atomic E-state index is 0.605. The zero-order chi connectivity index (χ0) is 8.55. The van der Waals surface area contributed by atoms with Crippen molar-refractivity contribution < 1.29 is 0 Å². The summed E-state index contributed by atoms with van der Waals surface area (Å²) >= 11 is 0. The van der Waals surface area contributed by atoms with Gasteiger partial charge in [-0.05, 0) is 38.1 Å². The normalized spacial score (nSPS) is 38.9. The molecule has 0 aliphatic heterocycles. The van der Waals surface area contributed by atoms with Crippen molar-refractivity contribution in [3.8, 4) is 6.07 Å². The molecule has 0 radical (unpaired) electrons. The number of fused-ring (bicyclic) bond motifs is 2. The third-order valence-electron chi connectivity index (χ3n) is 3.59. The highest BCUT2D eigenvalue weighted by Crippen LogP contribution is 2.46. The molecule has 2 saturated carbocycles. The van der Waals surface area contributed by atoms with Gasteiger partial charge in [-0.1, -0.05) is 6.42 Å². The zero-order valence-electron chi connectivity index (χ0n) is 7.66. The fraction of sp³-hybridized carbons (Fsp3) is 0.900. The summed E-state index contributed by atoms with van der Waals surface area (Å²) in [5.41, 5.74) is 0. The van der Waals surface area contributed by atoms with E-state index in [2.05, 4.69) is 18.0 Å². The Bertz CT molecular complexity index is 206. The van der Waals surface area contributed by atoms with E-state index in [0.717, 1.165) is 17.9 Å². The summed E-state index contributed by atoms with van der Waals surface area (Å²) in [7, 11) is 2.09. The maximum absolute atomic E-state index is 8.58. The standard InChI is InChI=1S/C10H16N2/c1-12(5-4-11)10-7-8-2-3-9(10)6-8/h8-10H,2-3,5-7H2,1H3. The molecule has 0 N–H and O–H groups in total. The van der Waals surface area contributed by atoms with Crippen molar-refractivity contribution in [3.63, 3.8) is 0 Å². The lowest BCUT2D eigenvalue weighted by atomic mass is 9.94. The second-order valence-corrected chi connectivity index (χ2v) is 4.32. The van der Waals surface area contributed by atoms with Crippen LogP contribution in [0.5, 0.6) is 0 Å². The molecule has 2 bridgehead atoms. The molecular weight excluding hydrogens is 148 g/mol. The van der Waals surface area contributed by atoms with Crippen molar-refractivity contribution >= 4 is 0 Å².